The van der Waals surface area contributed by atoms with Gasteiger partial charge in [-0.15, -0.1) is 24.0 Å². The van der Waals surface area contributed by atoms with Crippen LogP contribution in [0, 0.1) is 0 Å². The summed E-state index contributed by atoms with van der Waals surface area (Å²) in [6.45, 7) is 3.26. The lowest BCUT2D eigenvalue weighted by molar-refractivity contribution is 0.172. The molecule has 2 N–H and O–H groups in total. The number of hydrogen-bond acceptors (Lipinski definition) is 4. The molecular formula is C21H37IN4O2. The predicted molar refractivity (Wildman–Crippen MR) is 128 cm³/mol. The lowest BCUT2D eigenvalue weighted by Gasteiger charge is -2.31. The van der Waals surface area contributed by atoms with Crippen molar-refractivity contribution < 1.29 is 9.47 Å². The summed E-state index contributed by atoms with van der Waals surface area (Å²) in [6.07, 6.45) is 7.69. The number of halogens is 1. The standard InChI is InChI=1S/C21H36N4O2.HI/c1-22-21(23-13-14-25(2)19-10-5-4-6-11-19)24-18-9-7-12-20(17-18)27-16-8-15-26-3;/h7,9,12,17,19H,4-6,8,10-11,13-16H2,1-3H3,(H2,22,23,24);1H. The van der Waals surface area contributed by atoms with Crippen LogP contribution >= 0.6 is 24.0 Å². The number of aliphatic imine (C=N–C) groups is 1. The molecule has 1 saturated carbocycles. The zero-order chi connectivity index (χ0) is 19.3. The van der Waals surface area contributed by atoms with E-state index in [0.717, 1.165) is 42.9 Å². The van der Waals surface area contributed by atoms with Gasteiger partial charge in [0.2, 0.25) is 0 Å². The molecule has 0 aromatic heterocycles. The van der Waals surface area contributed by atoms with E-state index in [9.17, 15) is 0 Å². The molecule has 0 aliphatic heterocycles. The van der Waals surface area contributed by atoms with Crippen LogP contribution in [-0.4, -0.2) is 64.4 Å². The van der Waals surface area contributed by atoms with Crippen molar-refractivity contribution in [2.45, 2.75) is 44.6 Å². The number of guanidine groups is 1. The van der Waals surface area contributed by atoms with E-state index < -0.39 is 0 Å². The molecule has 0 spiro atoms. The number of anilines is 1. The fourth-order valence-corrected chi connectivity index (χ4v) is 3.43. The topological polar surface area (TPSA) is 58.1 Å². The zero-order valence-corrected chi connectivity index (χ0v) is 19.9. The highest BCUT2D eigenvalue weighted by Crippen LogP contribution is 2.21. The molecule has 2 rings (SSSR count). The Morgan fingerprint density at radius 1 is 1.21 bits per heavy atom. The summed E-state index contributed by atoms with van der Waals surface area (Å²) in [5.41, 5.74) is 0.966. The normalized spacial score (nSPS) is 15.2. The average Bonchev–Trinajstić information content (AvgIpc) is 2.71. The second kappa shape index (κ2) is 14.9. The Hall–Kier alpha value is -1.06. The van der Waals surface area contributed by atoms with E-state index in [1.807, 2.05) is 24.3 Å². The lowest BCUT2D eigenvalue weighted by atomic mass is 9.94. The van der Waals surface area contributed by atoms with Crippen LogP contribution in [0.25, 0.3) is 0 Å². The zero-order valence-electron chi connectivity index (χ0n) is 17.6. The Balaban J connectivity index is 0.00000392. The van der Waals surface area contributed by atoms with E-state index >= 15 is 0 Å². The van der Waals surface area contributed by atoms with Gasteiger partial charge >= 0.3 is 0 Å². The summed E-state index contributed by atoms with van der Waals surface area (Å²) in [4.78, 5) is 6.81. The Kier molecular flexibility index (Phi) is 13.3. The second-order valence-corrected chi connectivity index (χ2v) is 7.12. The van der Waals surface area contributed by atoms with Crippen LogP contribution in [0.4, 0.5) is 5.69 Å². The van der Waals surface area contributed by atoms with Gasteiger partial charge in [0.25, 0.3) is 0 Å². The van der Waals surface area contributed by atoms with Crippen molar-refractivity contribution in [3.8, 4) is 5.75 Å². The van der Waals surface area contributed by atoms with E-state index in [2.05, 4.69) is 27.6 Å². The molecule has 0 amide bonds. The van der Waals surface area contributed by atoms with Crippen molar-refractivity contribution in [3.63, 3.8) is 0 Å². The highest BCUT2D eigenvalue weighted by Gasteiger charge is 2.17. The predicted octanol–water partition coefficient (Wildman–Crippen LogP) is 3.97. The SMILES string of the molecule is CN=C(NCCN(C)C1CCCCC1)Nc1cccc(OCCCOC)c1.I. The molecule has 0 saturated heterocycles. The van der Waals surface area contributed by atoms with Crippen molar-refractivity contribution in [1.82, 2.24) is 10.2 Å². The van der Waals surface area contributed by atoms with Crippen molar-refractivity contribution in [2.75, 3.05) is 52.8 Å². The number of nitrogens with one attached hydrogen (secondary N) is 2. The first kappa shape index (κ1) is 25.0. The molecule has 0 heterocycles. The Morgan fingerprint density at radius 3 is 2.71 bits per heavy atom. The van der Waals surface area contributed by atoms with Crippen LogP contribution in [0.15, 0.2) is 29.3 Å². The fraction of sp³-hybridized carbons (Fsp3) is 0.667. The van der Waals surface area contributed by atoms with E-state index in [4.69, 9.17) is 9.47 Å². The van der Waals surface area contributed by atoms with Gasteiger partial charge < -0.3 is 25.0 Å². The summed E-state index contributed by atoms with van der Waals surface area (Å²) in [7, 11) is 5.74. The molecule has 1 aliphatic rings. The van der Waals surface area contributed by atoms with Gasteiger partial charge in [0.05, 0.1) is 6.61 Å². The van der Waals surface area contributed by atoms with Gasteiger partial charge in [-0.1, -0.05) is 25.3 Å². The minimum absolute atomic E-state index is 0. The lowest BCUT2D eigenvalue weighted by Crippen LogP contribution is -2.41. The van der Waals surface area contributed by atoms with E-state index in [0.29, 0.717) is 13.2 Å². The first-order valence-corrected chi connectivity index (χ1v) is 10.1. The highest BCUT2D eigenvalue weighted by atomic mass is 127. The van der Waals surface area contributed by atoms with E-state index in [1.165, 1.54) is 32.1 Å². The van der Waals surface area contributed by atoms with Crippen LogP contribution in [0.3, 0.4) is 0 Å². The second-order valence-electron chi connectivity index (χ2n) is 7.12. The first-order chi connectivity index (χ1) is 13.2. The maximum atomic E-state index is 5.76. The molecule has 1 aromatic rings. The number of rotatable bonds is 10. The fourth-order valence-electron chi connectivity index (χ4n) is 3.43. The molecule has 0 atom stereocenters. The molecule has 0 bridgehead atoms. The molecule has 1 fully saturated rings. The average molecular weight is 504 g/mol. The number of methoxy groups -OCH3 is 1. The molecule has 1 aromatic carbocycles. The molecular weight excluding hydrogens is 467 g/mol. The highest BCUT2D eigenvalue weighted by molar-refractivity contribution is 14.0. The minimum Gasteiger partial charge on any atom is -0.493 e. The quantitative estimate of drug-likeness (QED) is 0.219. The monoisotopic (exact) mass is 504 g/mol. The van der Waals surface area contributed by atoms with Crippen LogP contribution in [0.1, 0.15) is 38.5 Å². The molecule has 1 aliphatic carbocycles. The third kappa shape index (κ3) is 9.43. The van der Waals surface area contributed by atoms with Crippen molar-refractivity contribution in [2.24, 2.45) is 4.99 Å². The Bertz CT molecular complexity index is 565. The summed E-state index contributed by atoms with van der Waals surface area (Å²) in [5, 5.41) is 6.75. The third-order valence-electron chi connectivity index (χ3n) is 5.04. The molecule has 0 radical (unpaired) electrons. The molecule has 0 unspecified atom stereocenters. The number of ether oxygens (including phenoxy) is 2. The van der Waals surface area contributed by atoms with Gasteiger partial charge in [0, 0.05) is 58.1 Å². The largest absolute Gasteiger partial charge is 0.493 e. The van der Waals surface area contributed by atoms with E-state index in [-0.39, 0.29) is 24.0 Å². The number of benzene rings is 1. The smallest absolute Gasteiger partial charge is 0.195 e. The Morgan fingerprint density at radius 2 is 2.00 bits per heavy atom. The number of nitrogens with zero attached hydrogens (tertiary/aromatic N) is 2. The van der Waals surface area contributed by atoms with Crippen molar-refractivity contribution in [3.05, 3.63) is 24.3 Å². The number of hydrogen-bond donors (Lipinski definition) is 2. The van der Waals surface area contributed by atoms with Gasteiger partial charge in [-0.25, -0.2) is 0 Å². The van der Waals surface area contributed by atoms with Gasteiger partial charge in [-0.2, -0.15) is 0 Å². The van der Waals surface area contributed by atoms with Gasteiger partial charge in [-0.3, -0.25) is 4.99 Å². The van der Waals surface area contributed by atoms with E-state index in [1.54, 1.807) is 14.2 Å². The van der Waals surface area contributed by atoms with Crippen molar-refractivity contribution >= 4 is 35.6 Å². The maximum absolute atomic E-state index is 5.76. The molecule has 6 nitrogen and oxygen atoms in total. The van der Waals surface area contributed by atoms with Crippen molar-refractivity contribution in [1.29, 1.82) is 0 Å². The first-order valence-electron chi connectivity index (χ1n) is 10.1. The summed E-state index contributed by atoms with van der Waals surface area (Å²) in [5.74, 6) is 1.63. The molecule has 28 heavy (non-hydrogen) atoms. The van der Waals surface area contributed by atoms with Crippen LogP contribution < -0.4 is 15.4 Å². The maximum Gasteiger partial charge on any atom is 0.195 e. The molecule has 160 valence electrons. The summed E-state index contributed by atoms with van der Waals surface area (Å²) >= 11 is 0. The summed E-state index contributed by atoms with van der Waals surface area (Å²) < 4.78 is 10.8. The molecule has 7 heteroatoms. The minimum atomic E-state index is 0. The van der Waals surface area contributed by atoms with Crippen LogP contribution in [-0.2, 0) is 4.74 Å². The van der Waals surface area contributed by atoms with Crippen LogP contribution in [0.5, 0.6) is 5.75 Å². The Labute approximate surface area is 187 Å². The van der Waals surface area contributed by atoms with Crippen LogP contribution in [0.2, 0.25) is 0 Å². The van der Waals surface area contributed by atoms with Gasteiger partial charge in [-0.05, 0) is 32.0 Å². The third-order valence-corrected chi connectivity index (χ3v) is 5.04. The summed E-state index contributed by atoms with van der Waals surface area (Å²) in [6, 6.07) is 8.70. The van der Waals surface area contributed by atoms with Gasteiger partial charge in [0.1, 0.15) is 5.75 Å². The van der Waals surface area contributed by atoms with Gasteiger partial charge in [0.15, 0.2) is 5.96 Å². The number of likely N-dealkylation sites (N-methyl/N-ethyl adjacent to an activating group) is 1.